The SMILES string of the molecule is Cl.NC1CCCCC1CC(=O)NC(c1ccccc1)c1ccccc1. The Balaban J connectivity index is 0.00000225. The van der Waals surface area contributed by atoms with Crippen LogP contribution in [0.25, 0.3) is 0 Å². The van der Waals surface area contributed by atoms with E-state index in [9.17, 15) is 4.79 Å². The van der Waals surface area contributed by atoms with Gasteiger partial charge in [0.05, 0.1) is 6.04 Å². The third-order valence-electron chi connectivity index (χ3n) is 4.99. The first-order valence-electron chi connectivity index (χ1n) is 8.89. The van der Waals surface area contributed by atoms with Crippen molar-refractivity contribution in [2.45, 2.75) is 44.2 Å². The van der Waals surface area contributed by atoms with E-state index in [0.717, 1.165) is 24.0 Å². The zero-order valence-electron chi connectivity index (χ0n) is 14.4. The topological polar surface area (TPSA) is 55.1 Å². The van der Waals surface area contributed by atoms with Crippen LogP contribution in [0.1, 0.15) is 49.3 Å². The van der Waals surface area contributed by atoms with Crippen molar-refractivity contribution in [3.8, 4) is 0 Å². The van der Waals surface area contributed by atoms with Crippen LogP contribution in [0.5, 0.6) is 0 Å². The van der Waals surface area contributed by atoms with Crippen LogP contribution in [-0.4, -0.2) is 11.9 Å². The monoisotopic (exact) mass is 358 g/mol. The Kier molecular flexibility index (Phi) is 7.48. The predicted octanol–water partition coefficient (Wildman–Crippen LogP) is 4.22. The van der Waals surface area contributed by atoms with E-state index in [1.54, 1.807) is 0 Å². The number of hydrogen-bond donors (Lipinski definition) is 2. The second-order valence-electron chi connectivity index (χ2n) is 6.73. The number of halogens is 1. The normalized spacial score (nSPS) is 19.9. The molecule has 25 heavy (non-hydrogen) atoms. The maximum absolute atomic E-state index is 12.6. The second-order valence-corrected chi connectivity index (χ2v) is 6.73. The summed E-state index contributed by atoms with van der Waals surface area (Å²) in [6.07, 6.45) is 5.01. The number of benzene rings is 2. The molecule has 2 aromatic rings. The second kappa shape index (κ2) is 9.59. The van der Waals surface area contributed by atoms with E-state index in [4.69, 9.17) is 5.73 Å². The molecule has 0 radical (unpaired) electrons. The maximum atomic E-state index is 12.6. The first-order valence-corrected chi connectivity index (χ1v) is 8.89. The zero-order chi connectivity index (χ0) is 16.8. The summed E-state index contributed by atoms with van der Waals surface area (Å²) in [5, 5.41) is 3.22. The lowest BCUT2D eigenvalue weighted by atomic mass is 9.82. The van der Waals surface area contributed by atoms with E-state index in [-0.39, 0.29) is 30.4 Å². The average molecular weight is 359 g/mol. The van der Waals surface area contributed by atoms with E-state index >= 15 is 0 Å². The number of nitrogens with two attached hydrogens (primary N) is 1. The molecule has 1 aliphatic rings. The highest BCUT2D eigenvalue weighted by Gasteiger charge is 2.25. The van der Waals surface area contributed by atoms with Crippen LogP contribution in [0.2, 0.25) is 0 Å². The van der Waals surface area contributed by atoms with Gasteiger partial charge in [-0.25, -0.2) is 0 Å². The van der Waals surface area contributed by atoms with Crippen molar-refractivity contribution < 1.29 is 4.79 Å². The molecule has 2 aromatic carbocycles. The third-order valence-corrected chi connectivity index (χ3v) is 4.99. The van der Waals surface area contributed by atoms with E-state index in [2.05, 4.69) is 29.6 Å². The first-order chi connectivity index (χ1) is 11.7. The highest BCUT2D eigenvalue weighted by Crippen LogP contribution is 2.27. The van der Waals surface area contributed by atoms with Gasteiger partial charge in [-0.15, -0.1) is 12.4 Å². The standard InChI is InChI=1S/C21H26N2O.ClH/c22-19-14-8-7-13-18(19)15-20(24)23-21(16-9-3-1-4-10-16)17-11-5-2-6-12-17;/h1-6,9-12,18-19,21H,7-8,13-15,22H2,(H,23,24);1H. The number of nitrogens with one attached hydrogen (secondary N) is 1. The van der Waals surface area contributed by atoms with Crippen LogP contribution in [0.4, 0.5) is 0 Å². The lowest BCUT2D eigenvalue weighted by Gasteiger charge is -2.29. The van der Waals surface area contributed by atoms with Gasteiger partial charge in [-0.1, -0.05) is 73.5 Å². The summed E-state index contributed by atoms with van der Waals surface area (Å²) in [4.78, 5) is 12.6. The van der Waals surface area contributed by atoms with Crippen molar-refractivity contribution in [3.63, 3.8) is 0 Å². The summed E-state index contributed by atoms with van der Waals surface area (Å²) in [6, 6.07) is 20.3. The third kappa shape index (κ3) is 5.32. The van der Waals surface area contributed by atoms with Crippen LogP contribution in [-0.2, 0) is 4.79 Å². The molecule has 0 spiro atoms. The van der Waals surface area contributed by atoms with Crippen molar-refractivity contribution in [2.75, 3.05) is 0 Å². The number of carbonyl (C=O) groups is 1. The quantitative estimate of drug-likeness (QED) is 0.840. The molecule has 0 aliphatic heterocycles. The van der Waals surface area contributed by atoms with Gasteiger partial charge >= 0.3 is 0 Å². The van der Waals surface area contributed by atoms with Gasteiger partial charge in [0, 0.05) is 12.5 Å². The fraction of sp³-hybridized carbons (Fsp3) is 0.381. The molecule has 3 N–H and O–H groups in total. The summed E-state index contributed by atoms with van der Waals surface area (Å²) < 4.78 is 0. The van der Waals surface area contributed by atoms with Crippen LogP contribution in [0.3, 0.4) is 0 Å². The van der Waals surface area contributed by atoms with Crippen LogP contribution in [0, 0.1) is 5.92 Å². The molecule has 1 amide bonds. The minimum absolute atomic E-state index is 0. The van der Waals surface area contributed by atoms with Crippen molar-refractivity contribution >= 4 is 18.3 Å². The van der Waals surface area contributed by atoms with Crippen LogP contribution >= 0.6 is 12.4 Å². The van der Waals surface area contributed by atoms with Gasteiger partial charge in [0.2, 0.25) is 5.91 Å². The van der Waals surface area contributed by atoms with Gasteiger partial charge in [0.1, 0.15) is 0 Å². The van der Waals surface area contributed by atoms with Crippen LogP contribution in [0.15, 0.2) is 60.7 Å². The summed E-state index contributed by atoms with van der Waals surface area (Å²) in [6.45, 7) is 0. The van der Waals surface area contributed by atoms with Gasteiger partial charge < -0.3 is 11.1 Å². The number of rotatable bonds is 5. The van der Waals surface area contributed by atoms with Crippen molar-refractivity contribution in [3.05, 3.63) is 71.8 Å². The molecular weight excluding hydrogens is 332 g/mol. The van der Waals surface area contributed by atoms with Gasteiger partial charge in [0.25, 0.3) is 0 Å². The highest BCUT2D eigenvalue weighted by molar-refractivity contribution is 5.85. The summed E-state index contributed by atoms with van der Waals surface area (Å²) in [5.41, 5.74) is 8.40. The number of hydrogen-bond acceptors (Lipinski definition) is 2. The van der Waals surface area contributed by atoms with Crippen molar-refractivity contribution in [1.29, 1.82) is 0 Å². The fourth-order valence-corrected chi connectivity index (χ4v) is 3.60. The van der Waals surface area contributed by atoms with Gasteiger partial charge in [0.15, 0.2) is 0 Å². The van der Waals surface area contributed by atoms with Gasteiger partial charge in [-0.3, -0.25) is 4.79 Å². The molecule has 3 rings (SSSR count). The summed E-state index contributed by atoms with van der Waals surface area (Å²) in [5.74, 6) is 0.404. The molecule has 2 unspecified atom stereocenters. The van der Waals surface area contributed by atoms with E-state index < -0.39 is 0 Å². The largest absolute Gasteiger partial charge is 0.345 e. The predicted molar refractivity (Wildman–Crippen MR) is 105 cm³/mol. The fourth-order valence-electron chi connectivity index (χ4n) is 3.60. The Bertz CT molecular complexity index is 608. The van der Waals surface area contributed by atoms with E-state index in [1.165, 1.54) is 12.8 Å². The van der Waals surface area contributed by atoms with Crippen LogP contribution < -0.4 is 11.1 Å². The number of carbonyl (C=O) groups excluding carboxylic acids is 1. The minimum atomic E-state index is -0.111. The first kappa shape index (κ1) is 19.5. The average Bonchev–Trinajstić information content (AvgIpc) is 2.63. The lowest BCUT2D eigenvalue weighted by Crippen LogP contribution is -2.38. The summed E-state index contributed by atoms with van der Waals surface area (Å²) >= 11 is 0. The molecule has 0 bridgehead atoms. The molecular formula is C21H27ClN2O. The molecule has 1 fully saturated rings. The molecule has 134 valence electrons. The summed E-state index contributed by atoms with van der Waals surface area (Å²) in [7, 11) is 0. The van der Waals surface area contributed by atoms with Crippen molar-refractivity contribution in [1.82, 2.24) is 5.32 Å². The maximum Gasteiger partial charge on any atom is 0.221 e. The highest BCUT2D eigenvalue weighted by atomic mass is 35.5. The lowest BCUT2D eigenvalue weighted by molar-refractivity contribution is -0.122. The zero-order valence-corrected chi connectivity index (χ0v) is 15.3. The molecule has 0 saturated heterocycles. The molecule has 1 aliphatic carbocycles. The minimum Gasteiger partial charge on any atom is -0.345 e. The molecule has 1 saturated carbocycles. The Morgan fingerprint density at radius 3 is 2.00 bits per heavy atom. The molecule has 0 aromatic heterocycles. The molecule has 2 atom stereocenters. The molecule has 0 heterocycles. The van der Waals surface area contributed by atoms with Gasteiger partial charge in [-0.2, -0.15) is 0 Å². The Labute approximate surface area is 156 Å². The van der Waals surface area contributed by atoms with E-state index in [0.29, 0.717) is 12.3 Å². The molecule has 3 nitrogen and oxygen atoms in total. The smallest absolute Gasteiger partial charge is 0.221 e. The number of amides is 1. The van der Waals surface area contributed by atoms with E-state index in [1.807, 2.05) is 36.4 Å². The Hall–Kier alpha value is -1.84. The Morgan fingerprint density at radius 2 is 1.48 bits per heavy atom. The van der Waals surface area contributed by atoms with Gasteiger partial charge in [-0.05, 0) is 29.9 Å². The Morgan fingerprint density at radius 1 is 0.960 bits per heavy atom. The van der Waals surface area contributed by atoms with Crippen molar-refractivity contribution in [2.24, 2.45) is 11.7 Å². The molecule has 4 heteroatoms.